The van der Waals surface area contributed by atoms with E-state index in [9.17, 15) is 4.79 Å². The van der Waals surface area contributed by atoms with Gasteiger partial charge in [0.15, 0.2) is 5.11 Å². The van der Waals surface area contributed by atoms with Crippen molar-refractivity contribution in [3.05, 3.63) is 12.7 Å². The Bertz CT molecular complexity index is 416. The molecule has 2 aliphatic heterocycles. The summed E-state index contributed by atoms with van der Waals surface area (Å²) in [6.45, 7) is 8.74. The molecule has 0 spiro atoms. The molecule has 22 heavy (non-hydrogen) atoms. The zero-order chi connectivity index (χ0) is 15.9. The Morgan fingerprint density at radius 2 is 2.23 bits per heavy atom. The largest absolute Gasteiger partial charge is 0.445 e. The Labute approximate surface area is 142 Å². The highest BCUT2D eigenvalue weighted by Crippen LogP contribution is 2.22. The number of nitrogens with zero attached hydrogens (tertiary/aromatic N) is 2. The Kier molecular flexibility index (Phi) is 6.78. The number of thiol groups is 1. The Hall–Kier alpha value is -0.990. The molecule has 0 bridgehead atoms. The lowest BCUT2D eigenvalue weighted by atomic mass is 10.2. The van der Waals surface area contributed by atoms with Crippen LogP contribution in [0, 0.1) is 0 Å². The molecule has 2 N–H and O–H groups in total. The summed E-state index contributed by atoms with van der Waals surface area (Å²) < 4.78 is 5.13. The highest BCUT2D eigenvalue weighted by Gasteiger charge is 2.34. The second-order valence-corrected chi connectivity index (χ2v) is 6.60. The number of nitrogens with one attached hydrogen (secondary N) is 2. The molecule has 2 rings (SSSR count). The summed E-state index contributed by atoms with van der Waals surface area (Å²) in [5.74, 6) is 0. The molecule has 1 amide bonds. The first-order valence-electron chi connectivity index (χ1n) is 7.57. The van der Waals surface area contributed by atoms with E-state index in [1.807, 2.05) is 0 Å². The van der Waals surface area contributed by atoms with Crippen molar-refractivity contribution < 1.29 is 9.53 Å². The third kappa shape index (κ3) is 4.76. The van der Waals surface area contributed by atoms with Gasteiger partial charge in [-0.3, -0.25) is 0 Å². The summed E-state index contributed by atoms with van der Waals surface area (Å²) in [5, 5.41) is 7.51. The Morgan fingerprint density at radius 3 is 2.91 bits per heavy atom. The van der Waals surface area contributed by atoms with Crippen molar-refractivity contribution in [2.45, 2.75) is 17.7 Å². The average Bonchev–Trinajstić information content (AvgIpc) is 2.92. The number of carbonyl (C=O) groups excluding carboxylic acids is 1. The van der Waals surface area contributed by atoms with Crippen molar-refractivity contribution in [3.8, 4) is 0 Å². The van der Waals surface area contributed by atoms with Crippen molar-refractivity contribution in [2.24, 2.45) is 0 Å². The fourth-order valence-corrected chi connectivity index (χ4v) is 3.39. The second kappa shape index (κ2) is 8.59. The molecular weight excluding hydrogens is 320 g/mol. The first kappa shape index (κ1) is 17.4. The minimum atomic E-state index is -0.309. The van der Waals surface area contributed by atoms with Crippen molar-refractivity contribution in [1.82, 2.24) is 20.4 Å². The smallest absolute Gasteiger partial charge is 0.410 e. The number of piperazine rings is 1. The molecule has 0 unspecified atom stereocenters. The van der Waals surface area contributed by atoms with E-state index in [2.05, 4.69) is 34.7 Å². The van der Waals surface area contributed by atoms with Crippen molar-refractivity contribution in [1.29, 1.82) is 0 Å². The summed E-state index contributed by atoms with van der Waals surface area (Å²) in [6.07, 6.45) is 2.10. The maximum atomic E-state index is 12.0. The molecular formula is C14H24N4O2S2. The minimum Gasteiger partial charge on any atom is -0.445 e. The standard InChI is InChI=1S/C14H24N4O2S2/c1-2-7-20-14(19)18-10-12(21)8-11(18)9-16-13(22)17-5-3-15-4-6-17/h2,11-12,15,21H,1,3-10H2,(H,16,22)/t11-,12-/m0/s1. The lowest BCUT2D eigenvalue weighted by Crippen LogP contribution is -2.52. The van der Waals surface area contributed by atoms with Gasteiger partial charge in [0, 0.05) is 44.5 Å². The van der Waals surface area contributed by atoms with Gasteiger partial charge in [-0.05, 0) is 18.6 Å². The van der Waals surface area contributed by atoms with Crippen molar-refractivity contribution in [3.63, 3.8) is 0 Å². The monoisotopic (exact) mass is 344 g/mol. The molecule has 2 aliphatic rings. The Morgan fingerprint density at radius 1 is 1.50 bits per heavy atom. The predicted octanol–water partition coefficient (Wildman–Crippen LogP) is 0.461. The van der Waals surface area contributed by atoms with E-state index in [4.69, 9.17) is 17.0 Å². The summed E-state index contributed by atoms with van der Waals surface area (Å²) in [6, 6.07) is 0.0562. The van der Waals surface area contributed by atoms with Gasteiger partial charge in [-0.25, -0.2) is 4.79 Å². The lowest BCUT2D eigenvalue weighted by Gasteiger charge is -2.31. The maximum Gasteiger partial charge on any atom is 0.410 e. The number of carbonyl (C=O) groups is 1. The third-order valence-electron chi connectivity index (χ3n) is 3.84. The number of hydrogen-bond acceptors (Lipinski definition) is 5. The van der Waals surface area contributed by atoms with Gasteiger partial charge in [-0.2, -0.15) is 12.6 Å². The molecule has 124 valence electrons. The average molecular weight is 345 g/mol. The predicted molar refractivity (Wildman–Crippen MR) is 94.5 cm³/mol. The van der Waals surface area contributed by atoms with Crippen LogP contribution in [0.1, 0.15) is 6.42 Å². The molecule has 0 aromatic rings. The van der Waals surface area contributed by atoms with Crippen LogP contribution < -0.4 is 10.6 Å². The van der Waals surface area contributed by atoms with Gasteiger partial charge < -0.3 is 25.2 Å². The van der Waals surface area contributed by atoms with E-state index in [0.29, 0.717) is 13.1 Å². The number of hydrogen-bond donors (Lipinski definition) is 3. The normalized spacial score (nSPS) is 25.0. The SMILES string of the molecule is C=CCOC(=O)N1C[C@@H](S)C[C@H]1CNC(=S)N1CCNCC1. The van der Waals surface area contributed by atoms with Gasteiger partial charge in [0.05, 0.1) is 6.04 Å². The number of likely N-dealkylation sites (tertiary alicyclic amines) is 1. The molecule has 2 atom stereocenters. The van der Waals surface area contributed by atoms with Gasteiger partial charge in [0.1, 0.15) is 6.61 Å². The number of thiocarbonyl (C=S) groups is 1. The maximum absolute atomic E-state index is 12.0. The van der Waals surface area contributed by atoms with Crippen LogP contribution in [0.4, 0.5) is 4.79 Å². The quantitative estimate of drug-likeness (QED) is 0.391. The molecule has 2 fully saturated rings. The van der Waals surface area contributed by atoms with Crippen molar-refractivity contribution in [2.75, 3.05) is 45.9 Å². The molecule has 0 aromatic carbocycles. The molecule has 8 heteroatoms. The molecule has 0 aromatic heterocycles. The molecule has 2 heterocycles. The van der Waals surface area contributed by atoms with Gasteiger partial charge >= 0.3 is 6.09 Å². The van der Waals surface area contributed by atoms with Crippen LogP contribution in [0.15, 0.2) is 12.7 Å². The van der Waals surface area contributed by atoms with Gasteiger partial charge in [0.2, 0.25) is 0 Å². The molecule has 0 radical (unpaired) electrons. The van der Waals surface area contributed by atoms with Crippen LogP contribution in [-0.4, -0.2) is 78.2 Å². The fourth-order valence-electron chi connectivity index (χ4n) is 2.71. The van der Waals surface area contributed by atoms with Crippen LogP contribution in [0.2, 0.25) is 0 Å². The summed E-state index contributed by atoms with van der Waals surface area (Å²) >= 11 is 9.93. The van der Waals surface area contributed by atoms with E-state index in [0.717, 1.165) is 37.7 Å². The molecule has 0 aliphatic carbocycles. The summed E-state index contributed by atoms with van der Waals surface area (Å²) in [5.41, 5.74) is 0. The van der Waals surface area contributed by atoms with Crippen LogP contribution in [-0.2, 0) is 4.74 Å². The van der Waals surface area contributed by atoms with Gasteiger partial charge in [0.25, 0.3) is 0 Å². The molecule has 0 saturated carbocycles. The fraction of sp³-hybridized carbons (Fsp3) is 0.714. The molecule has 2 saturated heterocycles. The van der Waals surface area contributed by atoms with Gasteiger partial charge in [-0.1, -0.05) is 12.7 Å². The van der Waals surface area contributed by atoms with Crippen LogP contribution in [0.25, 0.3) is 0 Å². The van der Waals surface area contributed by atoms with Crippen molar-refractivity contribution >= 4 is 36.1 Å². The van der Waals surface area contributed by atoms with E-state index < -0.39 is 0 Å². The van der Waals surface area contributed by atoms with E-state index in [1.54, 1.807) is 11.0 Å². The van der Waals surface area contributed by atoms with Crippen LogP contribution in [0.5, 0.6) is 0 Å². The summed E-state index contributed by atoms with van der Waals surface area (Å²) in [4.78, 5) is 15.9. The van der Waals surface area contributed by atoms with E-state index in [-0.39, 0.29) is 24.0 Å². The highest BCUT2D eigenvalue weighted by molar-refractivity contribution is 7.81. The van der Waals surface area contributed by atoms with E-state index in [1.165, 1.54) is 0 Å². The van der Waals surface area contributed by atoms with Crippen LogP contribution >= 0.6 is 24.8 Å². The number of ether oxygens (including phenoxy) is 1. The Balaban J connectivity index is 1.82. The first-order valence-corrected chi connectivity index (χ1v) is 8.50. The topological polar surface area (TPSA) is 56.8 Å². The number of rotatable bonds is 4. The molecule has 6 nitrogen and oxygen atoms in total. The van der Waals surface area contributed by atoms with E-state index >= 15 is 0 Å². The zero-order valence-electron chi connectivity index (χ0n) is 12.7. The van der Waals surface area contributed by atoms with Crippen LogP contribution in [0.3, 0.4) is 0 Å². The first-order chi connectivity index (χ1) is 10.6. The lowest BCUT2D eigenvalue weighted by molar-refractivity contribution is 0.108. The summed E-state index contributed by atoms with van der Waals surface area (Å²) in [7, 11) is 0. The second-order valence-electron chi connectivity index (χ2n) is 5.48. The zero-order valence-corrected chi connectivity index (χ0v) is 14.4. The minimum absolute atomic E-state index is 0.0562. The number of amides is 1. The van der Waals surface area contributed by atoms with Gasteiger partial charge in [-0.15, -0.1) is 0 Å². The highest BCUT2D eigenvalue weighted by atomic mass is 32.1. The third-order valence-corrected chi connectivity index (χ3v) is 4.62.